The second-order valence-electron chi connectivity index (χ2n) is 3.91. The van der Waals surface area contributed by atoms with Gasteiger partial charge in [-0.05, 0) is 31.1 Å². The molecular weight excluding hydrogens is 178 g/mol. The normalized spacial score (nSPS) is 51.3. The maximum atomic E-state index is 10.9. The number of alkyl halides is 1. The van der Waals surface area contributed by atoms with E-state index in [4.69, 9.17) is 22.4 Å². The van der Waals surface area contributed by atoms with Crippen molar-refractivity contribution in [2.75, 3.05) is 0 Å². The quantitative estimate of drug-likeness (QED) is 0.600. The summed E-state index contributed by atoms with van der Waals surface area (Å²) in [6.45, 7) is 0. The summed E-state index contributed by atoms with van der Waals surface area (Å²) >= 11 is 6.01. The van der Waals surface area contributed by atoms with Crippen molar-refractivity contribution in [1.82, 2.24) is 0 Å². The number of fused-ring (bicyclic) bond motifs is 2. The first-order valence-corrected chi connectivity index (χ1v) is 4.66. The second kappa shape index (κ2) is 2.36. The summed E-state index contributed by atoms with van der Waals surface area (Å²) in [5.74, 6) is -0.505. The van der Waals surface area contributed by atoms with Gasteiger partial charge in [-0.2, -0.15) is 0 Å². The highest BCUT2D eigenvalue weighted by atomic mass is 35.5. The number of aliphatic carboxylic acids is 1. The van der Waals surface area contributed by atoms with Gasteiger partial charge < -0.3 is 10.8 Å². The van der Waals surface area contributed by atoms with Crippen molar-refractivity contribution in [1.29, 1.82) is 0 Å². The number of carboxylic acid groups (broad SMARTS) is 1. The molecule has 3 nitrogen and oxygen atoms in total. The molecule has 0 aromatic carbocycles. The molecule has 0 spiro atoms. The maximum absolute atomic E-state index is 10.9. The topological polar surface area (TPSA) is 63.3 Å². The lowest BCUT2D eigenvalue weighted by Gasteiger charge is -2.33. The molecule has 2 saturated carbocycles. The van der Waals surface area contributed by atoms with Crippen LogP contribution in [0.3, 0.4) is 0 Å². The summed E-state index contributed by atoms with van der Waals surface area (Å²) in [6.07, 6.45) is 2.87. The van der Waals surface area contributed by atoms with Crippen molar-refractivity contribution < 1.29 is 9.90 Å². The molecule has 0 radical (unpaired) electrons. The lowest BCUT2D eigenvalue weighted by molar-refractivity contribution is -0.145. The molecule has 2 rings (SSSR count). The minimum atomic E-state index is -1.15. The molecule has 0 amide bonds. The third-order valence-corrected chi connectivity index (χ3v) is 4.11. The molecule has 0 aliphatic heterocycles. The van der Waals surface area contributed by atoms with Gasteiger partial charge in [0.05, 0.1) is 5.38 Å². The highest BCUT2D eigenvalue weighted by Gasteiger charge is 2.60. The minimum absolute atomic E-state index is 0.0995. The van der Waals surface area contributed by atoms with Gasteiger partial charge in [0, 0.05) is 0 Å². The van der Waals surface area contributed by atoms with E-state index >= 15 is 0 Å². The van der Waals surface area contributed by atoms with Gasteiger partial charge >= 0.3 is 5.97 Å². The lowest BCUT2D eigenvalue weighted by Crippen LogP contribution is -2.58. The van der Waals surface area contributed by atoms with Crippen LogP contribution in [0.5, 0.6) is 0 Å². The Labute approximate surface area is 75.9 Å². The van der Waals surface area contributed by atoms with E-state index in [1.165, 1.54) is 0 Å². The van der Waals surface area contributed by atoms with Gasteiger partial charge in [-0.1, -0.05) is 0 Å². The van der Waals surface area contributed by atoms with Crippen molar-refractivity contribution >= 4 is 17.6 Å². The molecule has 2 aliphatic rings. The molecule has 68 valence electrons. The fourth-order valence-corrected chi connectivity index (χ4v) is 3.12. The number of carbonyl (C=O) groups is 1. The second-order valence-corrected chi connectivity index (χ2v) is 4.38. The van der Waals surface area contributed by atoms with E-state index in [9.17, 15) is 4.79 Å². The number of carboxylic acids is 1. The first-order chi connectivity index (χ1) is 5.56. The standard InChI is InChI=1S/C8H12ClNO2/c9-6-4-1-2-5(3-4)8(6,10)7(11)12/h4-6H,1-3,10H2,(H,11,12)/t4-,5+,6+,8+/m1/s1. The molecule has 2 aliphatic carbocycles. The highest BCUT2D eigenvalue weighted by molar-refractivity contribution is 6.24. The summed E-state index contributed by atoms with van der Waals surface area (Å²) in [4.78, 5) is 10.9. The van der Waals surface area contributed by atoms with Crippen molar-refractivity contribution in [3.8, 4) is 0 Å². The molecule has 4 atom stereocenters. The Hall–Kier alpha value is -0.280. The summed E-state index contributed by atoms with van der Waals surface area (Å²) in [5, 5.41) is 8.59. The Bertz CT molecular complexity index is 229. The van der Waals surface area contributed by atoms with Crippen molar-refractivity contribution in [3.63, 3.8) is 0 Å². The molecule has 0 aromatic rings. The Kier molecular flexibility index (Phi) is 1.64. The Balaban J connectivity index is 2.32. The van der Waals surface area contributed by atoms with E-state index < -0.39 is 11.5 Å². The molecule has 4 heteroatoms. The minimum Gasteiger partial charge on any atom is -0.480 e. The Morgan fingerprint density at radius 1 is 1.58 bits per heavy atom. The van der Waals surface area contributed by atoms with Crippen molar-refractivity contribution in [2.45, 2.75) is 30.2 Å². The SMILES string of the molecule is N[C@@]1(C(=O)O)[C@H]2CC[C@H](C2)[C@@H]1Cl. The first kappa shape index (κ1) is 8.32. The van der Waals surface area contributed by atoms with Crippen LogP contribution in [0, 0.1) is 11.8 Å². The Morgan fingerprint density at radius 3 is 2.58 bits per heavy atom. The van der Waals surface area contributed by atoms with Crippen molar-refractivity contribution in [2.24, 2.45) is 17.6 Å². The largest absolute Gasteiger partial charge is 0.480 e. The predicted molar refractivity (Wildman–Crippen MR) is 45.0 cm³/mol. The number of rotatable bonds is 1. The molecule has 0 saturated heterocycles. The van der Waals surface area contributed by atoms with Crippen LogP contribution in [-0.4, -0.2) is 22.0 Å². The summed E-state index contributed by atoms with van der Waals surface area (Å²) in [5.41, 5.74) is 4.65. The van der Waals surface area contributed by atoms with Gasteiger partial charge in [0.15, 0.2) is 0 Å². The molecule has 12 heavy (non-hydrogen) atoms. The predicted octanol–water partition coefficient (Wildman–Crippen LogP) is 0.806. The van der Waals surface area contributed by atoms with Gasteiger partial charge in [-0.25, -0.2) is 0 Å². The van der Waals surface area contributed by atoms with Gasteiger partial charge in [0.1, 0.15) is 5.54 Å². The van der Waals surface area contributed by atoms with Crippen molar-refractivity contribution in [3.05, 3.63) is 0 Å². The fraction of sp³-hybridized carbons (Fsp3) is 0.875. The van der Waals surface area contributed by atoms with Crippen LogP contribution < -0.4 is 5.73 Å². The monoisotopic (exact) mass is 189 g/mol. The smallest absolute Gasteiger partial charge is 0.325 e. The number of halogens is 1. The molecule has 2 fully saturated rings. The molecule has 3 N–H and O–H groups in total. The summed E-state index contributed by atoms with van der Waals surface area (Å²) in [6, 6.07) is 0. The number of hydrogen-bond donors (Lipinski definition) is 2. The fourth-order valence-electron chi connectivity index (χ4n) is 2.62. The first-order valence-electron chi connectivity index (χ1n) is 4.23. The van der Waals surface area contributed by atoms with Crippen LogP contribution in [-0.2, 0) is 4.79 Å². The zero-order chi connectivity index (χ0) is 8.93. The van der Waals surface area contributed by atoms with E-state index in [1.807, 2.05) is 0 Å². The molecular formula is C8H12ClNO2. The third-order valence-electron chi connectivity index (χ3n) is 3.39. The average molecular weight is 190 g/mol. The molecule has 2 bridgehead atoms. The van der Waals surface area contributed by atoms with Gasteiger partial charge in [0.25, 0.3) is 0 Å². The molecule has 0 unspecified atom stereocenters. The third kappa shape index (κ3) is 0.783. The number of hydrogen-bond acceptors (Lipinski definition) is 2. The molecule has 0 aromatic heterocycles. The van der Waals surface area contributed by atoms with Crippen LogP contribution in [0.15, 0.2) is 0 Å². The van der Waals surface area contributed by atoms with Crippen LogP contribution >= 0.6 is 11.6 Å². The lowest BCUT2D eigenvalue weighted by atomic mass is 9.81. The highest BCUT2D eigenvalue weighted by Crippen LogP contribution is 2.52. The van der Waals surface area contributed by atoms with E-state index in [-0.39, 0.29) is 11.3 Å². The van der Waals surface area contributed by atoms with E-state index in [0.717, 1.165) is 19.3 Å². The van der Waals surface area contributed by atoms with Crippen LogP contribution in [0.4, 0.5) is 0 Å². The summed E-state index contributed by atoms with van der Waals surface area (Å²) < 4.78 is 0. The zero-order valence-corrected chi connectivity index (χ0v) is 7.42. The summed E-state index contributed by atoms with van der Waals surface area (Å²) in [7, 11) is 0. The van der Waals surface area contributed by atoms with Gasteiger partial charge in [0.2, 0.25) is 0 Å². The Morgan fingerprint density at radius 2 is 2.25 bits per heavy atom. The van der Waals surface area contributed by atoms with Crippen LogP contribution in [0.2, 0.25) is 0 Å². The van der Waals surface area contributed by atoms with E-state index in [2.05, 4.69) is 0 Å². The van der Waals surface area contributed by atoms with Gasteiger partial charge in [-0.3, -0.25) is 4.79 Å². The van der Waals surface area contributed by atoms with E-state index in [0.29, 0.717) is 5.92 Å². The number of nitrogens with two attached hydrogens (primary N) is 1. The zero-order valence-electron chi connectivity index (χ0n) is 6.66. The van der Waals surface area contributed by atoms with Crippen LogP contribution in [0.1, 0.15) is 19.3 Å². The van der Waals surface area contributed by atoms with E-state index in [1.54, 1.807) is 0 Å². The maximum Gasteiger partial charge on any atom is 0.325 e. The molecule has 0 heterocycles. The van der Waals surface area contributed by atoms with Crippen LogP contribution in [0.25, 0.3) is 0 Å². The average Bonchev–Trinajstić information content (AvgIpc) is 2.55. The van der Waals surface area contributed by atoms with Gasteiger partial charge in [-0.15, -0.1) is 11.6 Å².